The van der Waals surface area contributed by atoms with Gasteiger partial charge in [0.2, 0.25) is 0 Å². The minimum Gasteiger partial charge on any atom is -0.296 e. The molecule has 3 heteroatoms. The van der Waals surface area contributed by atoms with E-state index < -0.39 is 0 Å². The van der Waals surface area contributed by atoms with Crippen LogP contribution in [0.3, 0.4) is 0 Å². The van der Waals surface area contributed by atoms with Gasteiger partial charge in [-0.1, -0.05) is 12.1 Å². The summed E-state index contributed by atoms with van der Waals surface area (Å²) in [6.07, 6.45) is 4.24. The molecule has 1 aliphatic rings. The summed E-state index contributed by atoms with van der Waals surface area (Å²) in [7, 11) is 2.06. The van der Waals surface area contributed by atoms with Crippen LogP contribution in [0.4, 0.5) is 5.69 Å². The predicted octanol–water partition coefficient (Wildman–Crippen LogP) is 2.47. The van der Waals surface area contributed by atoms with Crippen LogP contribution in [-0.4, -0.2) is 18.6 Å². The van der Waals surface area contributed by atoms with Crippen molar-refractivity contribution in [1.82, 2.24) is 5.01 Å². The van der Waals surface area contributed by atoms with Crippen molar-refractivity contribution >= 4 is 28.3 Å². The van der Waals surface area contributed by atoms with E-state index in [0.717, 1.165) is 6.54 Å². The van der Waals surface area contributed by atoms with E-state index in [1.807, 2.05) is 0 Å². The molecule has 1 heterocycles. The van der Waals surface area contributed by atoms with E-state index in [9.17, 15) is 0 Å². The molecule has 0 aromatic heterocycles. The maximum atomic E-state index is 2.36. The van der Waals surface area contributed by atoms with Gasteiger partial charge in [-0.05, 0) is 40.8 Å². The standard InChI is InChI=1S/C10H11IN2/c1-12-7-4-8-13(12)10-6-3-2-5-9(10)11/h2-7H,8H2,1H3. The van der Waals surface area contributed by atoms with Crippen LogP contribution in [0.5, 0.6) is 0 Å². The quantitative estimate of drug-likeness (QED) is 0.732. The van der Waals surface area contributed by atoms with Crippen molar-refractivity contribution in [2.75, 3.05) is 18.6 Å². The summed E-state index contributed by atoms with van der Waals surface area (Å²) in [5.41, 5.74) is 1.27. The summed E-state index contributed by atoms with van der Waals surface area (Å²) >= 11 is 2.36. The first-order valence-corrected chi connectivity index (χ1v) is 5.28. The molecule has 0 unspecified atom stereocenters. The van der Waals surface area contributed by atoms with Gasteiger partial charge < -0.3 is 0 Å². The summed E-state index contributed by atoms with van der Waals surface area (Å²) < 4.78 is 1.29. The largest absolute Gasteiger partial charge is 0.296 e. The third-order valence-electron chi connectivity index (χ3n) is 2.11. The van der Waals surface area contributed by atoms with Gasteiger partial charge in [0.05, 0.1) is 12.2 Å². The van der Waals surface area contributed by atoms with Crippen LogP contribution in [0, 0.1) is 3.57 Å². The van der Waals surface area contributed by atoms with Gasteiger partial charge in [0.15, 0.2) is 0 Å². The number of hydrogen-bond acceptors (Lipinski definition) is 2. The lowest BCUT2D eigenvalue weighted by Gasteiger charge is -2.28. The molecule has 13 heavy (non-hydrogen) atoms. The van der Waals surface area contributed by atoms with Gasteiger partial charge in [0, 0.05) is 16.8 Å². The van der Waals surface area contributed by atoms with Crippen LogP contribution in [0.1, 0.15) is 0 Å². The molecule has 0 saturated carbocycles. The van der Waals surface area contributed by atoms with Crippen LogP contribution in [-0.2, 0) is 0 Å². The smallest absolute Gasteiger partial charge is 0.0711 e. The van der Waals surface area contributed by atoms with Crippen LogP contribution < -0.4 is 5.01 Å². The fourth-order valence-electron chi connectivity index (χ4n) is 1.44. The minimum absolute atomic E-state index is 0.969. The fourth-order valence-corrected chi connectivity index (χ4v) is 2.10. The maximum Gasteiger partial charge on any atom is 0.0711 e. The van der Waals surface area contributed by atoms with Crippen molar-refractivity contribution in [2.24, 2.45) is 0 Å². The highest BCUT2D eigenvalue weighted by Gasteiger charge is 2.14. The molecular formula is C10H11IN2. The molecule has 0 N–H and O–H groups in total. The number of nitrogens with zero attached hydrogens (tertiary/aromatic N) is 2. The zero-order valence-corrected chi connectivity index (χ0v) is 9.60. The second-order valence-corrected chi connectivity index (χ2v) is 4.15. The van der Waals surface area contributed by atoms with E-state index in [1.165, 1.54) is 9.26 Å². The Hall–Kier alpha value is -0.710. The van der Waals surface area contributed by atoms with Crippen molar-refractivity contribution in [2.45, 2.75) is 0 Å². The molecule has 0 saturated heterocycles. The van der Waals surface area contributed by atoms with Crippen molar-refractivity contribution in [1.29, 1.82) is 0 Å². The number of benzene rings is 1. The first-order valence-electron chi connectivity index (χ1n) is 4.20. The Balaban J connectivity index is 2.31. The third-order valence-corrected chi connectivity index (χ3v) is 3.02. The molecule has 0 amide bonds. The lowest BCUT2D eigenvalue weighted by atomic mass is 10.3. The van der Waals surface area contributed by atoms with Crippen molar-refractivity contribution in [3.05, 3.63) is 40.1 Å². The molecule has 0 bridgehead atoms. The number of para-hydroxylation sites is 1. The van der Waals surface area contributed by atoms with Crippen LogP contribution in [0.15, 0.2) is 36.5 Å². The lowest BCUT2D eigenvalue weighted by molar-refractivity contribution is 0.454. The van der Waals surface area contributed by atoms with Gasteiger partial charge in [-0.15, -0.1) is 0 Å². The Labute approximate surface area is 91.9 Å². The molecule has 0 aliphatic carbocycles. The Morgan fingerprint density at radius 1 is 1.31 bits per heavy atom. The molecule has 2 nitrogen and oxygen atoms in total. The fraction of sp³-hybridized carbons (Fsp3) is 0.200. The predicted molar refractivity (Wildman–Crippen MR) is 63.4 cm³/mol. The SMILES string of the molecule is CN1C=CCN1c1ccccc1I. The molecule has 0 spiro atoms. The van der Waals surface area contributed by atoms with Gasteiger partial charge in [0.1, 0.15) is 0 Å². The van der Waals surface area contributed by atoms with Crippen molar-refractivity contribution < 1.29 is 0 Å². The highest BCUT2D eigenvalue weighted by Crippen LogP contribution is 2.24. The second kappa shape index (κ2) is 3.57. The van der Waals surface area contributed by atoms with E-state index in [2.05, 4.69) is 76.2 Å². The van der Waals surface area contributed by atoms with E-state index in [4.69, 9.17) is 0 Å². The number of hydrazine groups is 1. The Kier molecular flexibility index (Phi) is 2.44. The van der Waals surface area contributed by atoms with Gasteiger partial charge in [0.25, 0.3) is 0 Å². The molecule has 0 radical (unpaired) electrons. The van der Waals surface area contributed by atoms with E-state index >= 15 is 0 Å². The van der Waals surface area contributed by atoms with Crippen molar-refractivity contribution in [3.8, 4) is 0 Å². The average Bonchev–Trinajstić information content (AvgIpc) is 2.52. The minimum atomic E-state index is 0.969. The second-order valence-electron chi connectivity index (χ2n) is 2.99. The molecule has 1 aromatic carbocycles. The summed E-state index contributed by atoms with van der Waals surface area (Å²) in [5.74, 6) is 0. The normalized spacial score (nSPS) is 15.5. The van der Waals surface area contributed by atoms with Gasteiger partial charge in [-0.3, -0.25) is 10.0 Å². The summed E-state index contributed by atoms with van der Waals surface area (Å²) in [6.45, 7) is 0.969. The molecular weight excluding hydrogens is 275 g/mol. The third kappa shape index (κ3) is 1.65. The van der Waals surface area contributed by atoms with Gasteiger partial charge in [-0.2, -0.15) is 0 Å². The van der Waals surface area contributed by atoms with Gasteiger partial charge in [-0.25, -0.2) is 0 Å². The maximum absolute atomic E-state index is 2.36. The van der Waals surface area contributed by atoms with Crippen molar-refractivity contribution in [3.63, 3.8) is 0 Å². The molecule has 68 valence electrons. The number of halogens is 1. The zero-order valence-electron chi connectivity index (χ0n) is 7.44. The van der Waals surface area contributed by atoms with E-state index in [-0.39, 0.29) is 0 Å². The molecule has 1 aliphatic heterocycles. The van der Waals surface area contributed by atoms with Crippen LogP contribution >= 0.6 is 22.6 Å². The number of anilines is 1. The zero-order chi connectivity index (χ0) is 9.26. The van der Waals surface area contributed by atoms with Crippen LogP contribution in [0.2, 0.25) is 0 Å². The highest BCUT2D eigenvalue weighted by molar-refractivity contribution is 14.1. The van der Waals surface area contributed by atoms with E-state index in [0.29, 0.717) is 0 Å². The summed E-state index contributed by atoms with van der Waals surface area (Å²) in [6, 6.07) is 8.41. The Bertz CT molecular complexity index is 335. The first kappa shape index (κ1) is 8.87. The number of hydrogen-bond donors (Lipinski definition) is 0. The molecule has 1 aromatic rings. The monoisotopic (exact) mass is 286 g/mol. The highest BCUT2D eigenvalue weighted by atomic mass is 127. The Morgan fingerprint density at radius 2 is 2.08 bits per heavy atom. The van der Waals surface area contributed by atoms with Crippen LogP contribution in [0.25, 0.3) is 0 Å². The average molecular weight is 286 g/mol. The summed E-state index contributed by atoms with van der Waals surface area (Å²) in [5, 5.41) is 4.35. The van der Waals surface area contributed by atoms with E-state index in [1.54, 1.807) is 0 Å². The lowest BCUT2D eigenvalue weighted by Crippen LogP contribution is -2.32. The first-order chi connectivity index (χ1) is 6.29. The molecule has 2 rings (SSSR count). The molecule has 0 fully saturated rings. The topological polar surface area (TPSA) is 6.48 Å². The summed E-state index contributed by atoms with van der Waals surface area (Å²) in [4.78, 5) is 0. The van der Waals surface area contributed by atoms with Gasteiger partial charge >= 0.3 is 0 Å². The Morgan fingerprint density at radius 3 is 2.69 bits per heavy atom. The number of rotatable bonds is 1. The molecule has 0 atom stereocenters.